The lowest BCUT2D eigenvalue weighted by atomic mass is 9.99. The Bertz CT molecular complexity index is 804. The molecule has 0 aliphatic carbocycles. The second-order valence-electron chi connectivity index (χ2n) is 6.05. The summed E-state index contributed by atoms with van der Waals surface area (Å²) in [7, 11) is 0. The number of aliphatic carboxylic acids is 1. The van der Waals surface area contributed by atoms with Crippen molar-refractivity contribution >= 4 is 27.8 Å². The first kappa shape index (κ1) is 16.6. The molecule has 0 spiro atoms. The van der Waals surface area contributed by atoms with Gasteiger partial charge in [-0.3, -0.25) is 9.59 Å². The number of hydrogen-bond acceptors (Lipinski definition) is 4. The van der Waals surface area contributed by atoms with Crippen LogP contribution in [0, 0.1) is 18.8 Å². The number of rotatable bonds is 3. The standard InChI is InChI=1S/C16H17BrN4O3/c1-9-7-20(8-13(9)16(23)24)15(22)14-10(2)21(19-18-14)12-5-3-4-11(17)6-12/h3-6,9,13H,7-8H2,1-2H3,(H,23,24)/t9-,13-/m1/s1. The first-order valence-corrected chi connectivity index (χ1v) is 8.38. The van der Waals surface area contributed by atoms with Gasteiger partial charge in [0.25, 0.3) is 5.91 Å². The molecule has 1 saturated heterocycles. The van der Waals surface area contributed by atoms with Crippen LogP contribution in [0.2, 0.25) is 0 Å². The van der Waals surface area contributed by atoms with Gasteiger partial charge in [-0.1, -0.05) is 34.1 Å². The van der Waals surface area contributed by atoms with Crippen molar-refractivity contribution in [3.63, 3.8) is 0 Å². The van der Waals surface area contributed by atoms with Crippen molar-refractivity contribution in [2.45, 2.75) is 13.8 Å². The number of aromatic nitrogens is 3. The van der Waals surface area contributed by atoms with Crippen LogP contribution in [0.15, 0.2) is 28.7 Å². The maximum absolute atomic E-state index is 12.7. The summed E-state index contributed by atoms with van der Waals surface area (Å²) in [5.74, 6) is -1.75. The minimum atomic E-state index is -0.868. The van der Waals surface area contributed by atoms with E-state index in [1.165, 1.54) is 0 Å². The number of carbonyl (C=O) groups is 2. The Morgan fingerprint density at radius 1 is 1.33 bits per heavy atom. The van der Waals surface area contributed by atoms with Gasteiger partial charge in [-0.2, -0.15) is 0 Å². The van der Waals surface area contributed by atoms with Crippen molar-refractivity contribution in [1.29, 1.82) is 0 Å². The highest BCUT2D eigenvalue weighted by atomic mass is 79.9. The van der Waals surface area contributed by atoms with Crippen LogP contribution < -0.4 is 0 Å². The van der Waals surface area contributed by atoms with E-state index in [0.717, 1.165) is 10.2 Å². The summed E-state index contributed by atoms with van der Waals surface area (Å²) < 4.78 is 2.51. The lowest BCUT2D eigenvalue weighted by Crippen LogP contribution is -2.30. The minimum absolute atomic E-state index is 0.0770. The summed E-state index contributed by atoms with van der Waals surface area (Å²) in [6.45, 7) is 4.25. The van der Waals surface area contributed by atoms with Crippen molar-refractivity contribution in [1.82, 2.24) is 19.9 Å². The highest BCUT2D eigenvalue weighted by Crippen LogP contribution is 2.25. The number of benzene rings is 1. The molecule has 24 heavy (non-hydrogen) atoms. The van der Waals surface area contributed by atoms with Crippen LogP contribution in [0.4, 0.5) is 0 Å². The zero-order valence-corrected chi connectivity index (χ0v) is 14.9. The van der Waals surface area contributed by atoms with E-state index in [2.05, 4.69) is 26.2 Å². The Hall–Kier alpha value is -2.22. The first-order chi connectivity index (χ1) is 11.4. The number of nitrogens with zero attached hydrogens (tertiary/aromatic N) is 4. The van der Waals surface area contributed by atoms with Gasteiger partial charge < -0.3 is 10.0 Å². The molecule has 1 fully saturated rings. The lowest BCUT2D eigenvalue weighted by molar-refractivity contribution is -0.142. The molecule has 1 amide bonds. The summed E-state index contributed by atoms with van der Waals surface area (Å²) in [5.41, 5.74) is 1.68. The van der Waals surface area contributed by atoms with Crippen molar-refractivity contribution in [3.05, 3.63) is 40.1 Å². The molecule has 1 aliphatic heterocycles. The molecule has 0 radical (unpaired) electrons. The van der Waals surface area contributed by atoms with E-state index >= 15 is 0 Å². The van der Waals surface area contributed by atoms with Gasteiger partial charge >= 0.3 is 5.97 Å². The third-order valence-electron chi connectivity index (χ3n) is 4.37. The van der Waals surface area contributed by atoms with E-state index in [-0.39, 0.29) is 24.1 Å². The van der Waals surface area contributed by atoms with Crippen LogP contribution in [0.5, 0.6) is 0 Å². The number of amides is 1. The lowest BCUT2D eigenvalue weighted by Gasteiger charge is -2.14. The third kappa shape index (κ3) is 2.93. The fourth-order valence-corrected chi connectivity index (χ4v) is 3.37. The molecule has 0 saturated carbocycles. The predicted molar refractivity (Wildman–Crippen MR) is 90.0 cm³/mol. The van der Waals surface area contributed by atoms with E-state index in [4.69, 9.17) is 0 Å². The van der Waals surface area contributed by atoms with Gasteiger partial charge in [0.1, 0.15) is 0 Å². The summed E-state index contributed by atoms with van der Waals surface area (Å²) in [5, 5.41) is 17.3. The molecule has 126 valence electrons. The van der Waals surface area contributed by atoms with E-state index in [1.807, 2.05) is 31.2 Å². The number of likely N-dealkylation sites (tertiary alicyclic amines) is 1. The van der Waals surface area contributed by atoms with Crippen molar-refractivity contribution in [2.24, 2.45) is 11.8 Å². The predicted octanol–water partition coefficient (Wildman–Crippen LogP) is 2.13. The van der Waals surface area contributed by atoms with Crippen molar-refractivity contribution in [3.8, 4) is 5.69 Å². The molecule has 3 rings (SSSR count). The molecule has 8 heteroatoms. The zero-order valence-electron chi connectivity index (χ0n) is 13.3. The molecule has 2 atom stereocenters. The molecule has 7 nitrogen and oxygen atoms in total. The van der Waals surface area contributed by atoms with E-state index < -0.39 is 11.9 Å². The summed E-state index contributed by atoms with van der Waals surface area (Å²) >= 11 is 3.41. The van der Waals surface area contributed by atoms with E-state index in [1.54, 1.807) is 16.5 Å². The maximum atomic E-state index is 12.7. The van der Waals surface area contributed by atoms with Crippen LogP contribution in [0.1, 0.15) is 23.1 Å². The van der Waals surface area contributed by atoms with Gasteiger partial charge in [0.05, 0.1) is 17.3 Å². The molecule has 2 heterocycles. The molecule has 1 aliphatic rings. The molecule has 1 aromatic carbocycles. The molecule has 2 aromatic rings. The number of carboxylic acids is 1. The molecule has 0 bridgehead atoms. The van der Waals surface area contributed by atoms with Crippen molar-refractivity contribution in [2.75, 3.05) is 13.1 Å². The van der Waals surface area contributed by atoms with Crippen LogP contribution in [-0.4, -0.2) is 50.0 Å². The Morgan fingerprint density at radius 2 is 2.08 bits per heavy atom. The van der Waals surface area contributed by atoms with Gasteiger partial charge in [-0.15, -0.1) is 5.10 Å². The number of carboxylic acid groups (broad SMARTS) is 1. The summed E-state index contributed by atoms with van der Waals surface area (Å²) in [6, 6.07) is 7.54. The summed E-state index contributed by atoms with van der Waals surface area (Å²) in [6.07, 6.45) is 0. The monoisotopic (exact) mass is 392 g/mol. The largest absolute Gasteiger partial charge is 0.481 e. The van der Waals surface area contributed by atoms with E-state index in [9.17, 15) is 14.7 Å². The van der Waals surface area contributed by atoms with Crippen molar-refractivity contribution < 1.29 is 14.7 Å². The van der Waals surface area contributed by atoms with Gasteiger partial charge in [-0.25, -0.2) is 4.68 Å². The Kier molecular flexibility index (Phi) is 4.40. The summed E-state index contributed by atoms with van der Waals surface area (Å²) in [4.78, 5) is 25.5. The number of hydrogen-bond donors (Lipinski definition) is 1. The fourth-order valence-electron chi connectivity index (χ4n) is 2.98. The minimum Gasteiger partial charge on any atom is -0.481 e. The normalized spacial score (nSPS) is 20.4. The Balaban J connectivity index is 1.86. The fraction of sp³-hybridized carbons (Fsp3) is 0.375. The highest BCUT2D eigenvalue weighted by molar-refractivity contribution is 9.10. The molecular weight excluding hydrogens is 376 g/mol. The third-order valence-corrected chi connectivity index (χ3v) is 4.86. The van der Waals surface area contributed by atoms with Gasteiger partial charge in [0.2, 0.25) is 0 Å². The molecular formula is C16H17BrN4O3. The zero-order chi connectivity index (χ0) is 17.4. The first-order valence-electron chi connectivity index (χ1n) is 7.58. The molecule has 0 unspecified atom stereocenters. The molecule has 1 aromatic heterocycles. The van der Waals surface area contributed by atoms with Gasteiger partial charge in [0.15, 0.2) is 5.69 Å². The smallest absolute Gasteiger partial charge is 0.308 e. The Labute approximate surface area is 147 Å². The van der Waals surface area contributed by atoms with Crippen LogP contribution in [0.3, 0.4) is 0 Å². The highest BCUT2D eigenvalue weighted by Gasteiger charge is 2.38. The average molecular weight is 393 g/mol. The second-order valence-corrected chi connectivity index (χ2v) is 6.96. The SMILES string of the molecule is Cc1c(C(=O)N2C[C@@H](C)[C@H](C(=O)O)C2)nnn1-c1cccc(Br)c1. The van der Waals surface area contributed by atoms with Crippen LogP contribution in [0.25, 0.3) is 5.69 Å². The topological polar surface area (TPSA) is 88.3 Å². The second kappa shape index (κ2) is 6.35. The Morgan fingerprint density at radius 3 is 2.71 bits per heavy atom. The molecule has 1 N–H and O–H groups in total. The average Bonchev–Trinajstić information content (AvgIpc) is 3.10. The number of carbonyl (C=O) groups excluding carboxylic acids is 1. The van der Waals surface area contributed by atoms with Crippen LogP contribution >= 0.6 is 15.9 Å². The van der Waals surface area contributed by atoms with Crippen LogP contribution in [-0.2, 0) is 4.79 Å². The van der Waals surface area contributed by atoms with E-state index in [0.29, 0.717) is 12.2 Å². The van der Waals surface area contributed by atoms with Gasteiger partial charge in [-0.05, 0) is 31.0 Å². The van der Waals surface area contributed by atoms with Gasteiger partial charge in [0, 0.05) is 17.6 Å². The number of halogens is 1. The maximum Gasteiger partial charge on any atom is 0.308 e. The quantitative estimate of drug-likeness (QED) is 0.863.